The van der Waals surface area contributed by atoms with Crippen LogP contribution in [0.25, 0.3) is 10.9 Å². The fourth-order valence-electron chi connectivity index (χ4n) is 3.26. The van der Waals surface area contributed by atoms with Crippen LogP contribution >= 0.6 is 0 Å². The molecule has 148 valence electrons. The largest absolute Gasteiger partial charge is 0.384 e. The minimum Gasteiger partial charge on any atom is -0.384 e. The number of aromatic nitrogens is 3. The Balaban J connectivity index is 1.97. The second-order valence-electron chi connectivity index (χ2n) is 6.70. The number of hydrogen-bond acceptors (Lipinski definition) is 5. The fourth-order valence-corrected chi connectivity index (χ4v) is 4.82. The second-order valence-corrected chi connectivity index (χ2v) is 8.59. The first-order valence-electron chi connectivity index (χ1n) is 8.70. The summed E-state index contributed by atoms with van der Waals surface area (Å²) in [4.78, 5) is 12.4. The van der Waals surface area contributed by atoms with Gasteiger partial charge in [-0.05, 0) is 36.8 Å². The van der Waals surface area contributed by atoms with Crippen LogP contribution in [0.2, 0.25) is 0 Å². The van der Waals surface area contributed by atoms with Crippen molar-refractivity contribution < 1.29 is 12.8 Å². The van der Waals surface area contributed by atoms with E-state index < -0.39 is 21.2 Å². The Labute approximate surface area is 165 Å². The molecule has 4 aromatic rings. The lowest BCUT2D eigenvalue weighted by molar-refractivity contribution is 0.597. The highest BCUT2D eigenvalue weighted by atomic mass is 32.2. The molecule has 0 unspecified atom stereocenters. The predicted molar refractivity (Wildman–Crippen MR) is 107 cm³/mol. The molecule has 0 spiro atoms. The molecule has 3 N–H and O–H groups in total. The topological polar surface area (TPSA) is 111 Å². The molecule has 4 rings (SSSR count). The van der Waals surface area contributed by atoms with Gasteiger partial charge in [-0.2, -0.15) is 5.10 Å². The van der Waals surface area contributed by atoms with Crippen LogP contribution in [0.3, 0.4) is 0 Å². The van der Waals surface area contributed by atoms with E-state index in [1.807, 2.05) is 6.92 Å². The Morgan fingerprint density at radius 1 is 1.10 bits per heavy atom. The molecule has 0 saturated carbocycles. The Morgan fingerprint density at radius 3 is 2.41 bits per heavy atom. The van der Waals surface area contributed by atoms with Gasteiger partial charge in [0, 0.05) is 11.9 Å². The molecule has 0 bridgehead atoms. The average Bonchev–Trinajstić information content (AvgIpc) is 2.97. The Kier molecular flexibility index (Phi) is 4.46. The Hall–Kier alpha value is -3.46. The lowest BCUT2D eigenvalue weighted by Crippen LogP contribution is -2.14. The zero-order chi connectivity index (χ0) is 20.8. The third-order valence-corrected chi connectivity index (χ3v) is 6.58. The number of nitrogens with two attached hydrogens (primary N) is 1. The number of aromatic amines is 1. The molecule has 0 radical (unpaired) electrons. The minimum absolute atomic E-state index is 0.0657. The number of nitrogens with one attached hydrogen (secondary N) is 1. The van der Waals surface area contributed by atoms with Gasteiger partial charge in [0.05, 0.1) is 11.1 Å². The average molecular weight is 412 g/mol. The molecular formula is C20H17FN4O3S. The van der Waals surface area contributed by atoms with Crippen molar-refractivity contribution >= 4 is 26.6 Å². The van der Waals surface area contributed by atoms with Crippen molar-refractivity contribution in [1.82, 2.24) is 14.8 Å². The number of halogens is 1. The lowest BCUT2D eigenvalue weighted by atomic mass is 10.2. The van der Waals surface area contributed by atoms with Gasteiger partial charge in [0.1, 0.15) is 22.0 Å². The zero-order valence-electron chi connectivity index (χ0n) is 15.4. The van der Waals surface area contributed by atoms with Gasteiger partial charge in [0.25, 0.3) is 5.56 Å². The zero-order valence-corrected chi connectivity index (χ0v) is 16.2. The number of nitrogens with zero attached hydrogens (tertiary/aromatic N) is 2. The van der Waals surface area contributed by atoms with Crippen LogP contribution < -0.4 is 11.3 Å². The van der Waals surface area contributed by atoms with Crippen LogP contribution in [-0.4, -0.2) is 23.2 Å². The van der Waals surface area contributed by atoms with Gasteiger partial charge < -0.3 is 10.3 Å². The molecule has 0 saturated heterocycles. The van der Waals surface area contributed by atoms with Crippen molar-refractivity contribution in [1.29, 1.82) is 0 Å². The van der Waals surface area contributed by atoms with Crippen molar-refractivity contribution in [3.05, 3.63) is 82.0 Å². The van der Waals surface area contributed by atoms with Gasteiger partial charge >= 0.3 is 0 Å². The van der Waals surface area contributed by atoms with Gasteiger partial charge in [-0.1, -0.05) is 29.8 Å². The van der Waals surface area contributed by atoms with E-state index in [0.29, 0.717) is 5.56 Å². The summed E-state index contributed by atoms with van der Waals surface area (Å²) in [6.45, 7) is 1.95. The van der Waals surface area contributed by atoms with Gasteiger partial charge in [-0.3, -0.25) is 4.79 Å². The maximum Gasteiger partial charge on any atom is 0.288 e. The van der Waals surface area contributed by atoms with Crippen molar-refractivity contribution in [3.63, 3.8) is 0 Å². The first-order chi connectivity index (χ1) is 13.8. The van der Waals surface area contributed by atoms with Gasteiger partial charge in [0.15, 0.2) is 0 Å². The molecule has 29 heavy (non-hydrogen) atoms. The van der Waals surface area contributed by atoms with Crippen LogP contribution in [0, 0.1) is 12.7 Å². The molecule has 2 heterocycles. The number of anilines is 1. The summed E-state index contributed by atoms with van der Waals surface area (Å²) in [5.74, 6) is -0.479. The van der Waals surface area contributed by atoms with E-state index in [-0.39, 0.29) is 33.1 Å². The van der Waals surface area contributed by atoms with E-state index in [4.69, 9.17) is 5.73 Å². The number of hydrogen-bond donors (Lipinski definition) is 2. The van der Waals surface area contributed by atoms with Crippen molar-refractivity contribution in [2.45, 2.75) is 23.3 Å². The molecule has 0 atom stereocenters. The van der Waals surface area contributed by atoms with Gasteiger partial charge in [-0.15, -0.1) is 0 Å². The first kappa shape index (κ1) is 18.9. The normalized spacial score (nSPS) is 11.8. The van der Waals surface area contributed by atoms with Crippen molar-refractivity contribution in [2.24, 2.45) is 0 Å². The third-order valence-electron chi connectivity index (χ3n) is 4.72. The van der Waals surface area contributed by atoms with Gasteiger partial charge in [-0.25, -0.2) is 17.9 Å². The highest BCUT2D eigenvalue weighted by Gasteiger charge is 2.29. The summed E-state index contributed by atoms with van der Waals surface area (Å²) in [5, 5.41) is 6.19. The summed E-state index contributed by atoms with van der Waals surface area (Å²) in [6, 6.07) is 12.0. The summed E-state index contributed by atoms with van der Waals surface area (Å²) in [6.07, 6.45) is 1.27. The molecule has 0 aliphatic carbocycles. The number of H-pyrrole nitrogens is 1. The monoisotopic (exact) mass is 412 g/mol. The highest BCUT2D eigenvalue weighted by Crippen LogP contribution is 2.34. The van der Waals surface area contributed by atoms with Crippen LogP contribution in [0.15, 0.2) is 69.3 Å². The lowest BCUT2D eigenvalue weighted by Gasteiger charge is -2.09. The summed E-state index contributed by atoms with van der Waals surface area (Å²) in [5.41, 5.74) is 7.34. The predicted octanol–water partition coefficient (Wildman–Crippen LogP) is 2.64. The summed E-state index contributed by atoms with van der Waals surface area (Å²) in [7, 11) is -4.01. The number of sulfone groups is 1. The number of fused-ring (bicyclic) bond motifs is 1. The maximum absolute atomic E-state index is 13.3. The van der Waals surface area contributed by atoms with Crippen LogP contribution in [-0.2, 0) is 16.4 Å². The number of rotatable bonds is 4. The second kappa shape index (κ2) is 6.85. The maximum atomic E-state index is 13.3. The Bertz CT molecular complexity index is 1370. The van der Waals surface area contributed by atoms with Crippen LogP contribution in [0.1, 0.15) is 11.1 Å². The molecule has 2 aromatic heterocycles. The van der Waals surface area contributed by atoms with E-state index in [1.165, 1.54) is 35.0 Å². The summed E-state index contributed by atoms with van der Waals surface area (Å²) < 4.78 is 41.3. The van der Waals surface area contributed by atoms with Crippen LogP contribution in [0.5, 0.6) is 0 Å². The van der Waals surface area contributed by atoms with E-state index in [2.05, 4.69) is 10.2 Å². The van der Waals surface area contributed by atoms with Crippen molar-refractivity contribution in [3.8, 4) is 0 Å². The minimum atomic E-state index is -4.01. The molecule has 0 aliphatic heterocycles. The molecule has 0 amide bonds. The molecule has 0 fully saturated rings. The first-order valence-corrected chi connectivity index (χ1v) is 10.2. The number of nitrogen functional groups attached to an aromatic ring is 1. The standard InChI is InChI=1S/C20H17FN4O3S/c1-12-2-8-15(9-3-12)29(27,28)18-16-10-23-24-20(26)17(16)25(19(18)22)11-13-4-6-14(21)7-5-13/h2-10H,11,22H2,1H3,(H,24,26). The molecule has 9 heteroatoms. The fraction of sp³-hybridized carbons (Fsp3) is 0.100. The highest BCUT2D eigenvalue weighted by molar-refractivity contribution is 7.92. The molecular weight excluding hydrogens is 395 g/mol. The molecule has 0 aliphatic rings. The quantitative estimate of drug-likeness (QED) is 0.535. The van der Waals surface area contributed by atoms with E-state index in [9.17, 15) is 17.6 Å². The van der Waals surface area contributed by atoms with Gasteiger partial charge in [0.2, 0.25) is 9.84 Å². The Morgan fingerprint density at radius 2 is 1.76 bits per heavy atom. The molecule has 7 nitrogen and oxygen atoms in total. The van der Waals surface area contributed by atoms with Crippen molar-refractivity contribution in [2.75, 3.05) is 5.73 Å². The number of benzene rings is 2. The third kappa shape index (κ3) is 3.19. The summed E-state index contributed by atoms with van der Waals surface area (Å²) >= 11 is 0. The number of aryl methyl sites for hydroxylation is 1. The molecule has 2 aromatic carbocycles. The SMILES string of the molecule is Cc1ccc(S(=O)(=O)c2c(N)n(Cc3ccc(F)cc3)c3c(=O)[nH]ncc23)cc1. The van der Waals surface area contributed by atoms with E-state index in [1.54, 1.807) is 24.3 Å². The van der Waals surface area contributed by atoms with Crippen LogP contribution in [0.4, 0.5) is 10.2 Å². The van der Waals surface area contributed by atoms with E-state index in [0.717, 1.165) is 5.56 Å². The smallest absolute Gasteiger partial charge is 0.288 e. The van der Waals surface area contributed by atoms with E-state index >= 15 is 0 Å².